The minimum Gasteiger partial charge on any atom is -0.306 e. The highest BCUT2D eigenvalue weighted by Crippen LogP contribution is 2.59. The summed E-state index contributed by atoms with van der Waals surface area (Å²) in [6, 6.07) is 98.6. The molecule has 9 heteroatoms. The van der Waals surface area contributed by atoms with Gasteiger partial charge >= 0.3 is 0 Å². The lowest BCUT2D eigenvalue weighted by molar-refractivity contribution is 1.06. The fourth-order valence-electron chi connectivity index (χ4n) is 11.9. The molecule has 14 aromatic rings. The van der Waals surface area contributed by atoms with Crippen molar-refractivity contribution in [2.75, 3.05) is 19.6 Å². The normalized spacial score (nSPS) is 12.6. The average molecular weight is 1060 g/mol. The molecule has 2 aliphatic rings. The number of thiophene rings is 1. The summed E-state index contributed by atoms with van der Waals surface area (Å²) in [5, 5.41) is 4.60. The van der Waals surface area contributed by atoms with Crippen LogP contribution in [-0.4, -0.2) is 19.9 Å². The Morgan fingerprint density at radius 3 is 0.938 bits per heavy atom. The van der Waals surface area contributed by atoms with Crippen molar-refractivity contribution < 1.29 is 0 Å². The Kier molecular flexibility index (Phi) is 10.9. The summed E-state index contributed by atoms with van der Waals surface area (Å²) < 4.78 is 2.44. The highest BCUT2D eigenvalue weighted by molar-refractivity contribution is 7.25. The molecule has 0 N–H and O–H groups in total. The Bertz CT molecular complexity index is 4580. The first-order chi connectivity index (χ1) is 40.2. The van der Waals surface area contributed by atoms with E-state index in [4.69, 9.17) is 19.9 Å². The number of fused-ring (bicyclic) bond motifs is 8. The number of rotatable bonds is 8. The van der Waals surface area contributed by atoms with Gasteiger partial charge in [0.05, 0.1) is 79.6 Å². The molecule has 3 aromatic heterocycles. The maximum atomic E-state index is 5.47. The van der Waals surface area contributed by atoms with E-state index in [-0.39, 0.29) is 0 Å². The number of hydrogen-bond acceptors (Lipinski definition) is 9. The van der Waals surface area contributed by atoms with E-state index in [9.17, 15) is 0 Å². The van der Waals surface area contributed by atoms with Crippen LogP contribution in [0.5, 0.6) is 0 Å². The lowest BCUT2D eigenvalue weighted by Gasteiger charge is -2.41. The van der Waals surface area contributed by atoms with Crippen LogP contribution in [0.2, 0.25) is 0 Å². The van der Waals surface area contributed by atoms with Gasteiger partial charge in [-0.1, -0.05) is 200 Å². The van der Waals surface area contributed by atoms with E-state index in [2.05, 4.69) is 274 Å². The predicted octanol–water partition coefficient (Wildman–Crippen LogP) is 20.0. The van der Waals surface area contributed by atoms with Gasteiger partial charge in [0, 0.05) is 53.2 Å². The van der Waals surface area contributed by atoms with Crippen molar-refractivity contribution in [1.29, 1.82) is 0 Å². The third-order valence-electron chi connectivity index (χ3n) is 15.5. The second-order valence-corrected chi connectivity index (χ2v) is 21.3. The van der Waals surface area contributed by atoms with Crippen LogP contribution in [0.1, 0.15) is 0 Å². The van der Waals surface area contributed by atoms with Crippen LogP contribution in [0, 0.1) is 0 Å². The molecule has 81 heavy (non-hydrogen) atoms. The summed E-state index contributed by atoms with van der Waals surface area (Å²) in [6.07, 6.45) is 0. The number of hydrogen-bond donors (Lipinski definition) is 0. The van der Waals surface area contributed by atoms with Gasteiger partial charge in [-0.25, -0.2) is 19.9 Å². The van der Waals surface area contributed by atoms with Crippen LogP contribution in [-0.2, 0) is 0 Å². The minimum atomic E-state index is 0.590. The van der Waals surface area contributed by atoms with Gasteiger partial charge in [0.1, 0.15) is 0 Å². The maximum absolute atomic E-state index is 5.47. The molecule has 0 aliphatic carbocycles. The Balaban J connectivity index is 0.890. The molecular formula is C72H46N8S. The summed E-state index contributed by atoms with van der Waals surface area (Å²) in [4.78, 5) is 31.0. The molecule has 0 spiro atoms. The summed E-state index contributed by atoms with van der Waals surface area (Å²) in [5.74, 6) is 1.18. The Morgan fingerprint density at radius 1 is 0.210 bits per heavy atom. The number of nitrogens with zero attached hydrogens (tertiary/aromatic N) is 8. The van der Waals surface area contributed by atoms with Crippen molar-refractivity contribution in [3.63, 3.8) is 0 Å². The van der Waals surface area contributed by atoms with E-state index in [0.717, 1.165) is 113 Å². The van der Waals surface area contributed by atoms with Gasteiger partial charge in [0.15, 0.2) is 0 Å². The first kappa shape index (κ1) is 46.4. The maximum Gasteiger partial charge on any atom is 0.235 e. The molecule has 0 saturated heterocycles. The molecule has 2 aliphatic heterocycles. The number of aromatic nitrogens is 4. The largest absolute Gasteiger partial charge is 0.306 e. The van der Waals surface area contributed by atoms with Gasteiger partial charge in [-0.05, 0) is 78.9 Å². The lowest BCUT2D eigenvalue weighted by atomic mass is 9.99. The molecule has 0 fully saturated rings. The zero-order valence-electron chi connectivity index (χ0n) is 43.5. The van der Waals surface area contributed by atoms with Crippen LogP contribution < -0.4 is 19.6 Å². The van der Waals surface area contributed by atoms with Crippen molar-refractivity contribution in [1.82, 2.24) is 19.9 Å². The molecule has 0 unspecified atom stereocenters. The van der Waals surface area contributed by atoms with Crippen molar-refractivity contribution in [2.45, 2.75) is 0 Å². The molecule has 5 heterocycles. The smallest absolute Gasteiger partial charge is 0.235 e. The van der Waals surface area contributed by atoms with Gasteiger partial charge in [-0.3, -0.25) is 9.80 Å². The number of benzene rings is 11. The first-order valence-corrected chi connectivity index (χ1v) is 27.9. The van der Waals surface area contributed by atoms with E-state index < -0.39 is 0 Å². The number of para-hydroxylation sites is 6. The van der Waals surface area contributed by atoms with Crippen molar-refractivity contribution in [3.05, 3.63) is 279 Å². The molecule has 11 aromatic carbocycles. The second kappa shape index (κ2) is 19.0. The van der Waals surface area contributed by atoms with Crippen LogP contribution in [0.4, 0.5) is 68.8 Å². The van der Waals surface area contributed by atoms with Crippen LogP contribution >= 0.6 is 11.3 Å². The zero-order chi connectivity index (χ0) is 53.4. The molecule has 0 radical (unpaired) electrons. The zero-order valence-corrected chi connectivity index (χ0v) is 44.4. The van der Waals surface area contributed by atoms with Crippen molar-refractivity contribution in [2.24, 2.45) is 0 Å². The summed E-state index contributed by atoms with van der Waals surface area (Å²) in [5.41, 5.74) is 17.5. The second-order valence-electron chi connectivity index (χ2n) is 20.2. The quantitative estimate of drug-likeness (QED) is 0.149. The van der Waals surface area contributed by atoms with Gasteiger partial charge in [0.2, 0.25) is 11.9 Å². The van der Waals surface area contributed by atoms with E-state index in [1.54, 1.807) is 0 Å². The van der Waals surface area contributed by atoms with Gasteiger partial charge in [-0.2, -0.15) is 0 Å². The van der Waals surface area contributed by atoms with E-state index in [1.165, 1.54) is 20.2 Å². The Labute approximate surface area is 472 Å². The van der Waals surface area contributed by atoms with Gasteiger partial charge in [-0.15, -0.1) is 11.3 Å². The minimum absolute atomic E-state index is 0.590. The molecule has 8 nitrogen and oxygen atoms in total. The highest BCUT2D eigenvalue weighted by atomic mass is 32.1. The summed E-state index contributed by atoms with van der Waals surface area (Å²) in [7, 11) is 0. The third kappa shape index (κ3) is 7.74. The molecular weight excluding hydrogens is 1010 g/mol. The fourth-order valence-corrected chi connectivity index (χ4v) is 13.0. The Hall–Kier alpha value is -10.7. The average Bonchev–Trinajstić information content (AvgIpc) is 4.15. The van der Waals surface area contributed by atoms with Crippen LogP contribution in [0.25, 0.3) is 76.0 Å². The first-order valence-electron chi connectivity index (χ1n) is 27.1. The number of anilines is 12. The topological polar surface area (TPSA) is 64.5 Å². The van der Waals surface area contributed by atoms with Crippen molar-refractivity contribution in [3.8, 4) is 45.0 Å². The van der Waals surface area contributed by atoms with Crippen LogP contribution in [0.3, 0.4) is 0 Å². The molecule has 16 rings (SSSR count). The molecule has 0 atom stereocenters. The summed E-state index contributed by atoms with van der Waals surface area (Å²) in [6.45, 7) is 0. The SMILES string of the molecule is c1ccc(-c2cc(-c3ccccc3)nc(N3c4ccccc4N(c4cccc5c(N6c7ccccc7N(c7nc(-c8ccccc8)cc(-c8ccccc8)n7)c7cc8c(cc76)sc6ccccc68)cccc45)c4ccccc43)n2)cc1. The third-order valence-corrected chi connectivity index (χ3v) is 16.6. The van der Waals surface area contributed by atoms with E-state index in [0.29, 0.717) is 11.9 Å². The predicted molar refractivity (Wildman–Crippen MR) is 336 cm³/mol. The van der Waals surface area contributed by atoms with Crippen LogP contribution in [0.15, 0.2) is 279 Å². The fraction of sp³-hybridized carbons (Fsp3) is 0. The van der Waals surface area contributed by atoms with Gasteiger partial charge < -0.3 is 9.80 Å². The lowest BCUT2D eigenvalue weighted by Crippen LogP contribution is -2.26. The van der Waals surface area contributed by atoms with Crippen molar-refractivity contribution >= 4 is 111 Å². The van der Waals surface area contributed by atoms with E-state index >= 15 is 0 Å². The highest BCUT2D eigenvalue weighted by Gasteiger charge is 2.36. The summed E-state index contributed by atoms with van der Waals surface area (Å²) >= 11 is 1.82. The molecule has 0 amide bonds. The molecule has 0 bridgehead atoms. The Morgan fingerprint density at radius 2 is 0.519 bits per heavy atom. The molecule has 0 saturated carbocycles. The monoisotopic (exact) mass is 1050 g/mol. The van der Waals surface area contributed by atoms with Gasteiger partial charge in [0.25, 0.3) is 0 Å². The molecule has 380 valence electrons. The van der Waals surface area contributed by atoms with E-state index in [1.807, 2.05) is 35.6 Å². The standard InChI is InChI=1S/C72H46N8S/c1-5-23-47(24-6-1)55-44-56(48-25-7-2-8-26-48)74-71(73-55)79-64-37-17-14-34-61(64)77(62-35-15-18-38-65(62)79)59-40-21-33-52-51(59)32-22-41-60(52)78-63-36-16-19-39-66(63)80(67-43-54-53-31-13-20-42-69(53)81-70(54)46-68(67)78)72-75-57(49-27-9-3-10-28-49)45-58(76-72)50-29-11-4-12-30-50/h1-46H.